The van der Waals surface area contributed by atoms with Gasteiger partial charge in [-0.15, -0.1) is 24.0 Å². The van der Waals surface area contributed by atoms with Gasteiger partial charge in [0.15, 0.2) is 5.96 Å². The van der Waals surface area contributed by atoms with Crippen LogP contribution in [-0.2, 0) is 17.9 Å². The van der Waals surface area contributed by atoms with Gasteiger partial charge < -0.3 is 15.0 Å². The van der Waals surface area contributed by atoms with Crippen molar-refractivity contribution in [2.24, 2.45) is 4.99 Å². The zero-order valence-corrected chi connectivity index (χ0v) is 16.7. The number of benzene rings is 1. The number of hydrogen-bond donors (Lipinski definition) is 1. The molecule has 5 heteroatoms. The van der Waals surface area contributed by atoms with Crippen molar-refractivity contribution in [1.82, 2.24) is 10.2 Å². The van der Waals surface area contributed by atoms with Crippen LogP contribution in [-0.4, -0.2) is 37.1 Å². The van der Waals surface area contributed by atoms with Crippen molar-refractivity contribution in [3.05, 3.63) is 35.4 Å². The molecule has 1 fully saturated rings. The standard InChI is InChI=1S/C18H29N3O.HI/c1-3-13-22-15-17-10-6-5-9-16(17)14-20-18(19-4-2)21-11-7-8-12-21;/h5-6,9-10H,3-4,7-8,11-15H2,1-2H3,(H,19,20);1H. The molecule has 23 heavy (non-hydrogen) atoms. The van der Waals surface area contributed by atoms with Gasteiger partial charge in [-0.3, -0.25) is 0 Å². The van der Waals surface area contributed by atoms with E-state index in [1.54, 1.807) is 0 Å². The maximum absolute atomic E-state index is 5.69. The van der Waals surface area contributed by atoms with Crippen LogP contribution in [0.25, 0.3) is 0 Å². The molecule has 130 valence electrons. The van der Waals surface area contributed by atoms with Gasteiger partial charge in [-0.2, -0.15) is 0 Å². The molecule has 0 aromatic heterocycles. The van der Waals surface area contributed by atoms with Gasteiger partial charge in [0.1, 0.15) is 0 Å². The number of nitrogens with one attached hydrogen (secondary N) is 1. The van der Waals surface area contributed by atoms with Gasteiger partial charge in [0.05, 0.1) is 13.2 Å². The smallest absolute Gasteiger partial charge is 0.194 e. The Labute approximate surface area is 157 Å². The molecule has 0 aliphatic carbocycles. The molecule has 1 N–H and O–H groups in total. The fourth-order valence-corrected chi connectivity index (χ4v) is 2.69. The molecule has 1 aromatic carbocycles. The Morgan fingerprint density at radius 1 is 1.17 bits per heavy atom. The van der Waals surface area contributed by atoms with E-state index < -0.39 is 0 Å². The molecule has 1 heterocycles. The Morgan fingerprint density at radius 2 is 1.87 bits per heavy atom. The molecule has 0 amide bonds. The van der Waals surface area contributed by atoms with E-state index in [1.165, 1.54) is 24.0 Å². The van der Waals surface area contributed by atoms with Gasteiger partial charge in [-0.1, -0.05) is 31.2 Å². The van der Waals surface area contributed by atoms with Gasteiger partial charge in [0, 0.05) is 26.2 Å². The quantitative estimate of drug-likeness (QED) is 0.309. The fourth-order valence-electron chi connectivity index (χ4n) is 2.69. The number of rotatable bonds is 7. The van der Waals surface area contributed by atoms with E-state index in [-0.39, 0.29) is 24.0 Å². The summed E-state index contributed by atoms with van der Waals surface area (Å²) >= 11 is 0. The monoisotopic (exact) mass is 431 g/mol. The zero-order chi connectivity index (χ0) is 15.6. The lowest BCUT2D eigenvalue weighted by Crippen LogP contribution is -2.39. The highest BCUT2D eigenvalue weighted by molar-refractivity contribution is 14.0. The molecule has 0 atom stereocenters. The molecule has 0 bridgehead atoms. The first kappa shape index (κ1) is 20.2. The molecule has 0 radical (unpaired) electrons. The second-order valence-corrected chi connectivity index (χ2v) is 5.69. The summed E-state index contributed by atoms with van der Waals surface area (Å²) in [5.41, 5.74) is 2.50. The highest BCUT2D eigenvalue weighted by Gasteiger charge is 2.15. The van der Waals surface area contributed by atoms with Crippen LogP contribution in [0.1, 0.15) is 44.2 Å². The Bertz CT molecular complexity index is 473. The lowest BCUT2D eigenvalue weighted by atomic mass is 10.1. The average Bonchev–Trinajstić information content (AvgIpc) is 3.07. The number of ether oxygens (including phenoxy) is 1. The predicted octanol–water partition coefficient (Wildman–Crippen LogP) is 3.79. The average molecular weight is 431 g/mol. The van der Waals surface area contributed by atoms with Crippen molar-refractivity contribution in [3.8, 4) is 0 Å². The Hall–Kier alpha value is -0.820. The molecule has 1 aliphatic heterocycles. The van der Waals surface area contributed by atoms with E-state index in [2.05, 4.69) is 48.3 Å². The highest BCUT2D eigenvalue weighted by Crippen LogP contribution is 2.13. The molecule has 4 nitrogen and oxygen atoms in total. The first-order valence-corrected chi connectivity index (χ1v) is 8.53. The minimum Gasteiger partial charge on any atom is -0.377 e. The normalized spacial score (nSPS) is 14.7. The van der Waals surface area contributed by atoms with Crippen molar-refractivity contribution in [2.45, 2.75) is 46.3 Å². The number of likely N-dealkylation sites (tertiary alicyclic amines) is 1. The Balaban J connectivity index is 0.00000264. The topological polar surface area (TPSA) is 36.9 Å². The third kappa shape index (κ3) is 6.67. The maximum Gasteiger partial charge on any atom is 0.194 e. The minimum absolute atomic E-state index is 0. The second kappa shape index (κ2) is 11.7. The van der Waals surface area contributed by atoms with E-state index in [1.807, 2.05) is 0 Å². The van der Waals surface area contributed by atoms with E-state index >= 15 is 0 Å². The first-order valence-electron chi connectivity index (χ1n) is 8.53. The summed E-state index contributed by atoms with van der Waals surface area (Å²) < 4.78 is 5.69. The van der Waals surface area contributed by atoms with Gasteiger partial charge in [-0.05, 0) is 37.3 Å². The molecule has 1 aliphatic rings. The van der Waals surface area contributed by atoms with E-state index in [0.717, 1.165) is 38.6 Å². The lowest BCUT2D eigenvalue weighted by Gasteiger charge is -2.21. The van der Waals surface area contributed by atoms with Crippen LogP contribution in [0.5, 0.6) is 0 Å². The van der Waals surface area contributed by atoms with Gasteiger partial charge in [0.2, 0.25) is 0 Å². The van der Waals surface area contributed by atoms with Crippen LogP contribution in [0.3, 0.4) is 0 Å². The molecule has 2 rings (SSSR count). The largest absolute Gasteiger partial charge is 0.377 e. The fraction of sp³-hybridized carbons (Fsp3) is 0.611. The number of nitrogens with zero attached hydrogens (tertiary/aromatic N) is 2. The summed E-state index contributed by atoms with van der Waals surface area (Å²) in [5.74, 6) is 1.05. The maximum atomic E-state index is 5.69. The third-order valence-corrected chi connectivity index (χ3v) is 3.86. The molecule has 0 saturated carbocycles. The van der Waals surface area contributed by atoms with Gasteiger partial charge >= 0.3 is 0 Å². The van der Waals surface area contributed by atoms with E-state index in [9.17, 15) is 0 Å². The number of guanidine groups is 1. The minimum atomic E-state index is 0. The van der Waals surface area contributed by atoms with Gasteiger partial charge in [0.25, 0.3) is 0 Å². The van der Waals surface area contributed by atoms with Crippen molar-refractivity contribution in [3.63, 3.8) is 0 Å². The van der Waals surface area contributed by atoms with Crippen LogP contribution in [0, 0.1) is 0 Å². The summed E-state index contributed by atoms with van der Waals surface area (Å²) in [6.45, 7) is 9.61. The number of aliphatic imine (C=N–C) groups is 1. The van der Waals surface area contributed by atoms with Crippen LogP contribution >= 0.6 is 24.0 Å². The molecule has 1 aromatic rings. The number of hydrogen-bond acceptors (Lipinski definition) is 2. The molecule has 1 saturated heterocycles. The lowest BCUT2D eigenvalue weighted by molar-refractivity contribution is 0.121. The predicted molar refractivity (Wildman–Crippen MR) is 107 cm³/mol. The van der Waals surface area contributed by atoms with Gasteiger partial charge in [-0.25, -0.2) is 4.99 Å². The first-order chi connectivity index (χ1) is 10.8. The summed E-state index contributed by atoms with van der Waals surface area (Å²) in [6.07, 6.45) is 3.59. The Kier molecular flexibility index (Phi) is 10.3. The second-order valence-electron chi connectivity index (χ2n) is 5.69. The summed E-state index contributed by atoms with van der Waals surface area (Å²) in [7, 11) is 0. The summed E-state index contributed by atoms with van der Waals surface area (Å²) in [6, 6.07) is 8.45. The zero-order valence-electron chi connectivity index (χ0n) is 14.4. The van der Waals surface area contributed by atoms with Crippen LogP contribution in [0.4, 0.5) is 0 Å². The van der Waals surface area contributed by atoms with Crippen molar-refractivity contribution in [2.75, 3.05) is 26.2 Å². The van der Waals surface area contributed by atoms with Crippen molar-refractivity contribution in [1.29, 1.82) is 0 Å². The molecule has 0 spiro atoms. The van der Waals surface area contributed by atoms with Crippen molar-refractivity contribution >= 4 is 29.9 Å². The highest BCUT2D eigenvalue weighted by atomic mass is 127. The van der Waals surface area contributed by atoms with Crippen LogP contribution in [0.2, 0.25) is 0 Å². The molecule has 0 unspecified atom stereocenters. The Morgan fingerprint density at radius 3 is 2.52 bits per heavy atom. The molecular formula is C18H30IN3O. The van der Waals surface area contributed by atoms with Crippen molar-refractivity contribution < 1.29 is 4.74 Å². The van der Waals surface area contributed by atoms with E-state index in [4.69, 9.17) is 9.73 Å². The SMILES string of the molecule is CCCOCc1ccccc1CN=C(NCC)N1CCCC1.I. The third-order valence-electron chi connectivity index (χ3n) is 3.86. The summed E-state index contributed by atoms with van der Waals surface area (Å²) in [5, 5.41) is 3.41. The number of halogens is 1. The molecular weight excluding hydrogens is 401 g/mol. The van der Waals surface area contributed by atoms with Crippen LogP contribution < -0.4 is 5.32 Å². The van der Waals surface area contributed by atoms with Crippen LogP contribution in [0.15, 0.2) is 29.3 Å². The van der Waals surface area contributed by atoms with E-state index in [0.29, 0.717) is 13.2 Å². The summed E-state index contributed by atoms with van der Waals surface area (Å²) in [4.78, 5) is 7.19.